The molecule has 17 atom stereocenters. The Morgan fingerprint density at radius 3 is 2.07 bits per heavy atom. The molecule has 2 fully saturated rings. The number of rotatable bonds is 11. The highest BCUT2D eigenvalue weighted by Crippen LogP contribution is 2.39. The number of carbonyl (C=O) groups excluding carboxylic acids is 2. The van der Waals surface area contributed by atoms with Gasteiger partial charge in [-0.05, 0) is 58.5 Å². The van der Waals surface area contributed by atoms with Gasteiger partial charge in [0.15, 0.2) is 24.8 Å². The maximum Gasteiger partial charge on any atom is 0.335 e. The lowest BCUT2D eigenvalue weighted by Crippen LogP contribution is -2.65. The monoisotopic (exact) mass is 849 g/mol. The zero-order valence-corrected chi connectivity index (χ0v) is 35.3. The molecule has 3 aliphatic heterocycles. The van der Waals surface area contributed by atoms with E-state index in [4.69, 9.17) is 48.8 Å². The number of aldehydes is 1. The molecule has 8 N–H and O–H groups in total. The first-order valence-corrected chi connectivity index (χ1v) is 19.8. The Kier molecular flexibility index (Phi) is 21.2. The normalized spacial score (nSPS) is 39.4. The van der Waals surface area contributed by atoms with Gasteiger partial charge in [-0.25, -0.2) is 9.59 Å². The Morgan fingerprint density at radius 2 is 1.54 bits per heavy atom. The van der Waals surface area contributed by atoms with Crippen LogP contribution in [0.15, 0.2) is 24.3 Å². The first-order chi connectivity index (χ1) is 27.5. The van der Waals surface area contributed by atoms with Crippen LogP contribution in [-0.2, 0) is 47.6 Å². The number of hydrogen-bond acceptors (Lipinski definition) is 17. The average molecular weight is 850 g/mol. The van der Waals surface area contributed by atoms with Crippen LogP contribution in [0.5, 0.6) is 0 Å². The van der Waals surface area contributed by atoms with Crippen LogP contribution in [0.4, 0.5) is 0 Å². The van der Waals surface area contributed by atoms with Crippen LogP contribution >= 0.6 is 0 Å². The molecule has 2 saturated heterocycles. The van der Waals surface area contributed by atoms with Crippen molar-refractivity contribution in [3.05, 3.63) is 24.3 Å². The van der Waals surface area contributed by atoms with Gasteiger partial charge in [0.1, 0.15) is 30.7 Å². The van der Waals surface area contributed by atoms with E-state index in [1.807, 2.05) is 31.7 Å². The van der Waals surface area contributed by atoms with Crippen LogP contribution in [0.3, 0.4) is 0 Å². The van der Waals surface area contributed by atoms with Crippen LogP contribution in [0.2, 0.25) is 0 Å². The Labute approximate surface area is 345 Å². The number of carboxylic acids is 2. The number of carboxylic acid groups (broad SMARTS) is 2. The van der Waals surface area contributed by atoms with Gasteiger partial charge >= 0.3 is 17.9 Å². The third kappa shape index (κ3) is 15.2. The molecule has 3 rings (SSSR count). The van der Waals surface area contributed by atoms with E-state index in [1.165, 1.54) is 7.11 Å². The summed E-state index contributed by atoms with van der Waals surface area (Å²) >= 11 is 0. The number of aliphatic hydroxyl groups is 6. The average Bonchev–Trinajstić information content (AvgIpc) is 3.13. The number of methoxy groups -OCH3 is 1. The van der Waals surface area contributed by atoms with Gasteiger partial charge in [-0.15, -0.1) is 0 Å². The zero-order valence-electron chi connectivity index (χ0n) is 35.3. The molecule has 59 heavy (non-hydrogen) atoms. The number of nitrogens with zero attached hydrogens (tertiary/aromatic N) is 1. The lowest BCUT2D eigenvalue weighted by molar-refractivity contribution is -0.340. The molecule has 2 unspecified atom stereocenters. The third-order valence-electron chi connectivity index (χ3n) is 10.9. The van der Waals surface area contributed by atoms with E-state index in [0.29, 0.717) is 12.8 Å². The third-order valence-corrected chi connectivity index (χ3v) is 10.9. The largest absolute Gasteiger partial charge is 0.479 e. The summed E-state index contributed by atoms with van der Waals surface area (Å²) in [6, 6.07) is -0.639. The van der Waals surface area contributed by atoms with Gasteiger partial charge in [-0.1, -0.05) is 45.1 Å². The summed E-state index contributed by atoms with van der Waals surface area (Å²) in [7, 11) is 4.98. The second kappa shape index (κ2) is 23.9. The first kappa shape index (κ1) is 52.2. The van der Waals surface area contributed by atoms with Crippen LogP contribution in [0.1, 0.15) is 73.6 Å². The Hall–Kier alpha value is -2.92. The molecule has 0 radical (unpaired) electrons. The molecule has 0 aromatic rings. The second-order valence-corrected chi connectivity index (χ2v) is 16.5. The first-order valence-electron chi connectivity index (χ1n) is 19.8. The minimum Gasteiger partial charge on any atom is -0.479 e. The Bertz CT molecular complexity index is 1370. The molecule has 19 nitrogen and oxygen atoms in total. The minimum absolute atomic E-state index is 0.0144. The van der Waals surface area contributed by atoms with E-state index >= 15 is 0 Å². The summed E-state index contributed by atoms with van der Waals surface area (Å²) in [5.74, 6) is -5.11. The summed E-state index contributed by atoms with van der Waals surface area (Å²) in [5.41, 5.74) is -0.464. The van der Waals surface area contributed by atoms with Gasteiger partial charge in [0.05, 0.1) is 49.1 Å². The summed E-state index contributed by atoms with van der Waals surface area (Å²) in [4.78, 5) is 46.2. The quantitative estimate of drug-likeness (QED) is 0.100. The predicted octanol–water partition coefficient (Wildman–Crippen LogP) is -0.00180. The smallest absolute Gasteiger partial charge is 0.335 e. The van der Waals surface area contributed by atoms with E-state index < -0.39 is 128 Å². The van der Waals surface area contributed by atoms with Crippen molar-refractivity contribution >= 4 is 24.2 Å². The van der Waals surface area contributed by atoms with Gasteiger partial charge in [0.25, 0.3) is 0 Å². The standard InChI is InChI=1S/C36H61NO12.C4H6O6/c1-20-17-24(15-16-38)32(33(44-9)26(40)18-27(41)45-21(2)13-11-10-12-14-25(20)39)49-35-30(42)29(37(7)8)31(22(3)47-35)48-28-19-36(5,6)34(43)23(4)46-28;5-1(3(7)8)2(6)4(9)10/h10-12,14,16,20-26,28-35,39-40,42-43H,13,15,17-19H2,1-9H3;1-2,5-6H,(H,7,8)(H,9,10)/b11-10-,14-12-;/t20-,21-,22-,23-,24+,25+,26-,28-,29-,30-,31-,32+,33+,34-,35+;/m1./s1. The molecule has 0 bridgehead atoms. The molecule has 3 aliphatic rings. The number of aliphatic carboxylic acids is 2. The molecule has 0 saturated carbocycles. The lowest BCUT2D eigenvalue weighted by Gasteiger charge is -2.50. The van der Waals surface area contributed by atoms with E-state index in [1.54, 1.807) is 53.1 Å². The van der Waals surface area contributed by atoms with Gasteiger partial charge in [0.2, 0.25) is 0 Å². The van der Waals surface area contributed by atoms with Gasteiger partial charge < -0.3 is 79.0 Å². The number of aliphatic hydroxyl groups excluding tert-OH is 6. The van der Waals surface area contributed by atoms with E-state index in [0.717, 1.165) is 6.29 Å². The molecule has 0 aliphatic carbocycles. The molecule has 340 valence electrons. The summed E-state index contributed by atoms with van der Waals surface area (Å²) in [5, 5.41) is 77.3. The van der Waals surface area contributed by atoms with Crippen molar-refractivity contribution in [2.45, 2.75) is 166 Å². The SMILES string of the molecule is CO[C@@H]1[C@@H](O[C@@H]2O[C@H](C)[C@@H](O[C@@H]3CC(C)(C)[C@H](O)[C@@H](C)O3)[C@H](N(C)C)[C@H]2O)[C@@H](CC=O)C[C@@H](C)[C@@H](O)/C=C\C=C/C[C@@H](C)OC(=O)C[C@H]1O.O=C(O)C(O)C(O)C(=O)O. The Balaban J connectivity index is 0.00000106. The summed E-state index contributed by atoms with van der Waals surface area (Å²) in [6.07, 6.45) is -6.57. The molecular weight excluding hydrogens is 782 g/mol. The topological polar surface area (TPSA) is 289 Å². The van der Waals surface area contributed by atoms with Crippen molar-refractivity contribution in [1.29, 1.82) is 0 Å². The number of ether oxygens (including phenoxy) is 6. The summed E-state index contributed by atoms with van der Waals surface area (Å²) in [6.45, 7) is 11.1. The van der Waals surface area contributed by atoms with Crippen molar-refractivity contribution in [3.63, 3.8) is 0 Å². The van der Waals surface area contributed by atoms with Crippen LogP contribution in [-0.4, -0.2) is 183 Å². The van der Waals surface area contributed by atoms with Crippen LogP contribution in [0.25, 0.3) is 0 Å². The number of carbonyl (C=O) groups is 4. The van der Waals surface area contributed by atoms with Crippen molar-refractivity contribution in [2.24, 2.45) is 17.3 Å². The highest BCUT2D eigenvalue weighted by molar-refractivity contribution is 5.83. The van der Waals surface area contributed by atoms with Crippen LogP contribution < -0.4 is 0 Å². The molecule has 0 aromatic carbocycles. The summed E-state index contributed by atoms with van der Waals surface area (Å²) < 4.78 is 36.6. The van der Waals surface area contributed by atoms with Crippen molar-refractivity contribution in [2.75, 3.05) is 21.2 Å². The highest BCUT2D eigenvalue weighted by atomic mass is 16.7. The Morgan fingerprint density at radius 1 is 0.932 bits per heavy atom. The molecule has 0 aromatic heterocycles. The van der Waals surface area contributed by atoms with Crippen molar-refractivity contribution in [3.8, 4) is 0 Å². The predicted molar refractivity (Wildman–Crippen MR) is 207 cm³/mol. The number of likely N-dealkylation sites (N-methyl/N-ethyl adjacent to an activating group) is 1. The maximum absolute atomic E-state index is 12.8. The fourth-order valence-electron chi connectivity index (χ4n) is 7.53. The van der Waals surface area contributed by atoms with Crippen LogP contribution in [0, 0.1) is 17.3 Å². The lowest BCUT2D eigenvalue weighted by atomic mass is 9.78. The van der Waals surface area contributed by atoms with E-state index in [-0.39, 0.29) is 18.8 Å². The minimum atomic E-state index is -2.27. The second-order valence-electron chi connectivity index (χ2n) is 16.5. The molecule has 0 spiro atoms. The molecule has 0 amide bonds. The number of hydrogen-bond donors (Lipinski definition) is 8. The van der Waals surface area contributed by atoms with Crippen molar-refractivity contribution in [1.82, 2.24) is 4.90 Å². The number of esters is 1. The number of allylic oxidation sites excluding steroid dienone is 2. The van der Waals surface area contributed by atoms with Gasteiger partial charge in [-0.2, -0.15) is 0 Å². The van der Waals surface area contributed by atoms with Crippen molar-refractivity contribution < 1.29 is 88.5 Å². The highest BCUT2D eigenvalue weighted by Gasteiger charge is 2.51. The fraction of sp³-hybridized carbons (Fsp3) is 0.800. The molecule has 3 heterocycles. The van der Waals surface area contributed by atoms with Gasteiger partial charge in [-0.3, -0.25) is 4.79 Å². The molecular formula is C40H67NO18. The zero-order chi connectivity index (χ0) is 44.9. The molecule has 19 heteroatoms. The number of cyclic esters (lactones) is 1. The maximum atomic E-state index is 12.8. The van der Waals surface area contributed by atoms with E-state index in [9.17, 15) is 39.6 Å². The van der Waals surface area contributed by atoms with Gasteiger partial charge in [0, 0.05) is 26.4 Å². The van der Waals surface area contributed by atoms with E-state index in [2.05, 4.69) is 0 Å². The fourth-order valence-corrected chi connectivity index (χ4v) is 7.53.